The first-order valence-electron chi connectivity index (χ1n) is 15.2. The van der Waals surface area contributed by atoms with E-state index in [-0.39, 0.29) is 30.9 Å². The van der Waals surface area contributed by atoms with Crippen LogP contribution in [0.3, 0.4) is 0 Å². The van der Waals surface area contributed by atoms with E-state index >= 15 is 0 Å². The highest BCUT2D eigenvalue weighted by atomic mass is 35.5. The first kappa shape index (κ1) is 35.2. The predicted molar refractivity (Wildman–Crippen MR) is 165 cm³/mol. The van der Waals surface area contributed by atoms with Crippen molar-refractivity contribution < 1.29 is 5.11 Å². The van der Waals surface area contributed by atoms with Crippen molar-refractivity contribution in [3.63, 3.8) is 0 Å². The summed E-state index contributed by atoms with van der Waals surface area (Å²) in [6.07, 6.45) is 17.2. The number of halogens is 2. The first-order chi connectivity index (χ1) is 16.7. The van der Waals surface area contributed by atoms with Crippen molar-refractivity contribution >= 4 is 24.8 Å². The lowest BCUT2D eigenvalue weighted by atomic mass is 9.47. The van der Waals surface area contributed by atoms with Gasteiger partial charge in [0.2, 0.25) is 0 Å². The van der Waals surface area contributed by atoms with Crippen molar-refractivity contribution in [2.45, 2.75) is 111 Å². The summed E-state index contributed by atoms with van der Waals surface area (Å²) in [6, 6.07) is 0. The van der Waals surface area contributed by atoms with Crippen LogP contribution in [0.1, 0.15) is 105 Å². The lowest BCUT2D eigenvalue weighted by molar-refractivity contribution is -0.0573. The second-order valence-corrected chi connectivity index (χ2v) is 13.5. The molecule has 8 atom stereocenters. The van der Waals surface area contributed by atoms with Gasteiger partial charge in [0.1, 0.15) is 0 Å². The second-order valence-electron chi connectivity index (χ2n) is 13.5. The summed E-state index contributed by atoms with van der Waals surface area (Å²) in [5.74, 6) is 5.46. The zero-order chi connectivity index (χ0) is 25.6. The Balaban J connectivity index is 0.000000674. The monoisotopic (exact) mass is 561 g/mol. The van der Waals surface area contributed by atoms with Crippen molar-refractivity contribution in [2.75, 3.05) is 26.2 Å². The van der Waals surface area contributed by atoms with Crippen LogP contribution in [0.4, 0.5) is 0 Å². The molecule has 3 fully saturated rings. The Bertz CT molecular complexity index is 685. The standard InChI is InChI=1S/C27H46O.C4H13N3.2ClH/c1-18(2)7-6-8-19(3)23-11-12-24-22-10-9-20-17-21(28)13-15-26(20,4)25(22)14-16-27(23,24)5;5-1-3-7-4-2-6;;/h9,18-19,21-25,28H,6-8,10-17H2,1-5H3;7H,1-6H2;2*1H/t19-,21+,22+,23-,24+,25+,26+,27-;;;/m1.../s1. The fraction of sp³-hybridized carbons (Fsp3) is 0.935. The van der Waals surface area contributed by atoms with E-state index in [0.717, 1.165) is 61.4 Å². The number of aliphatic hydroxyl groups excluding tert-OH is 1. The SMILES string of the molecule is CC(C)CCC[C@@H](C)[C@H]1CC[C@H]2[C@@H]3CC=C4C[C@@H](O)CC[C@]4(C)[C@H]3CC[C@]12C.Cl.Cl.NCCNCCN. The molecule has 6 heteroatoms. The van der Waals surface area contributed by atoms with Gasteiger partial charge < -0.3 is 21.9 Å². The van der Waals surface area contributed by atoms with Crippen molar-refractivity contribution in [1.82, 2.24) is 5.32 Å². The van der Waals surface area contributed by atoms with Gasteiger partial charge in [0, 0.05) is 26.2 Å². The molecule has 37 heavy (non-hydrogen) atoms. The van der Waals surface area contributed by atoms with Crippen LogP contribution in [-0.4, -0.2) is 37.4 Å². The van der Waals surface area contributed by atoms with Crippen LogP contribution in [0.25, 0.3) is 0 Å². The summed E-state index contributed by atoms with van der Waals surface area (Å²) in [5.41, 5.74) is 12.9. The first-order valence-corrected chi connectivity index (χ1v) is 15.2. The third-order valence-electron chi connectivity index (χ3n) is 10.9. The Labute approximate surface area is 241 Å². The highest BCUT2D eigenvalue weighted by Crippen LogP contribution is 2.67. The number of hydrogen-bond acceptors (Lipinski definition) is 4. The third kappa shape index (κ3) is 8.10. The largest absolute Gasteiger partial charge is 0.393 e. The van der Waals surface area contributed by atoms with Crippen LogP contribution in [0, 0.1) is 46.3 Å². The second kappa shape index (κ2) is 15.8. The highest BCUT2D eigenvalue weighted by molar-refractivity contribution is 5.85. The molecule has 0 aromatic rings. The lowest BCUT2D eigenvalue weighted by Gasteiger charge is -2.58. The molecular weight excluding hydrogens is 501 g/mol. The van der Waals surface area contributed by atoms with Crippen molar-refractivity contribution in [1.29, 1.82) is 0 Å². The van der Waals surface area contributed by atoms with E-state index < -0.39 is 0 Å². The Morgan fingerprint density at radius 2 is 1.62 bits per heavy atom. The van der Waals surface area contributed by atoms with Gasteiger partial charge >= 0.3 is 0 Å². The normalized spacial score (nSPS) is 37.0. The molecule has 4 aliphatic carbocycles. The molecule has 0 amide bonds. The van der Waals surface area contributed by atoms with Gasteiger partial charge in [0.25, 0.3) is 0 Å². The minimum absolute atomic E-state index is 0. The van der Waals surface area contributed by atoms with E-state index in [9.17, 15) is 5.11 Å². The molecule has 0 aliphatic heterocycles. The maximum absolute atomic E-state index is 10.2. The molecule has 0 saturated heterocycles. The van der Waals surface area contributed by atoms with Gasteiger partial charge in [0.05, 0.1) is 6.10 Å². The van der Waals surface area contributed by atoms with Gasteiger partial charge in [-0.3, -0.25) is 0 Å². The summed E-state index contributed by atoms with van der Waals surface area (Å²) >= 11 is 0. The Morgan fingerprint density at radius 3 is 2.24 bits per heavy atom. The lowest BCUT2D eigenvalue weighted by Crippen LogP contribution is -2.50. The van der Waals surface area contributed by atoms with E-state index in [1.54, 1.807) is 5.57 Å². The Morgan fingerprint density at radius 1 is 0.946 bits per heavy atom. The highest BCUT2D eigenvalue weighted by Gasteiger charge is 2.59. The summed E-state index contributed by atoms with van der Waals surface area (Å²) in [7, 11) is 0. The molecule has 6 N–H and O–H groups in total. The number of fused-ring (bicyclic) bond motifs is 5. The van der Waals surface area contributed by atoms with Crippen LogP contribution in [0.2, 0.25) is 0 Å². The van der Waals surface area contributed by atoms with Gasteiger partial charge in [-0.2, -0.15) is 0 Å². The smallest absolute Gasteiger partial charge is 0.0577 e. The molecule has 220 valence electrons. The number of allylic oxidation sites excluding steroid dienone is 1. The van der Waals surface area contributed by atoms with Gasteiger partial charge in [0.15, 0.2) is 0 Å². The number of rotatable bonds is 9. The number of nitrogens with one attached hydrogen (secondary N) is 1. The van der Waals surface area contributed by atoms with Gasteiger partial charge in [-0.1, -0.05) is 65.5 Å². The van der Waals surface area contributed by atoms with Gasteiger partial charge in [-0.05, 0) is 97.7 Å². The average molecular weight is 563 g/mol. The molecule has 0 aromatic heterocycles. The van der Waals surface area contributed by atoms with Crippen molar-refractivity contribution in [2.24, 2.45) is 57.8 Å². The van der Waals surface area contributed by atoms with E-state index in [1.165, 1.54) is 57.8 Å². The zero-order valence-electron chi connectivity index (χ0n) is 24.6. The van der Waals surface area contributed by atoms with Crippen LogP contribution in [0.5, 0.6) is 0 Å². The summed E-state index contributed by atoms with van der Waals surface area (Å²) in [6.45, 7) is 15.7. The number of aliphatic hydroxyl groups is 1. The molecule has 4 rings (SSSR count). The fourth-order valence-electron chi connectivity index (χ4n) is 9.00. The molecule has 4 nitrogen and oxygen atoms in total. The van der Waals surface area contributed by atoms with E-state index in [1.807, 2.05) is 0 Å². The molecule has 3 saturated carbocycles. The Kier molecular flexibility index (Phi) is 15.0. The molecule has 0 spiro atoms. The predicted octanol–water partition coefficient (Wildman–Crippen LogP) is 6.73. The number of hydrogen-bond donors (Lipinski definition) is 4. The van der Waals surface area contributed by atoms with Crippen molar-refractivity contribution in [3.8, 4) is 0 Å². The topological polar surface area (TPSA) is 84.3 Å². The molecule has 0 unspecified atom stereocenters. The molecule has 0 radical (unpaired) electrons. The Hall–Kier alpha value is 0.160. The minimum Gasteiger partial charge on any atom is -0.393 e. The van der Waals surface area contributed by atoms with Gasteiger partial charge in [-0.25, -0.2) is 0 Å². The molecule has 0 heterocycles. The number of nitrogens with two attached hydrogens (primary N) is 2. The van der Waals surface area contributed by atoms with E-state index in [2.05, 4.69) is 46.0 Å². The van der Waals surface area contributed by atoms with E-state index in [0.29, 0.717) is 23.9 Å². The summed E-state index contributed by atoms with van der Waals surface area (Å²) in [5, 5.41) is 13.2. The van der Waals surface area contributed by atoms with Crippen molar-refractivity contribution in [3.05, 3.63) is 11.6 Å². The third-order valence-corrected chi connectivity index (χ3v) is 10.9. The van der Waals surface area contributed by atoms with Crippen LogP contribution in [0.15, 0.2) is 11.6 Å². The van der Waals surface area contributed by atoms with Crippen LogP contribution >= 0.6 is 24.8 Å². The van der Waals surface area contributed by atoms with Crippen LogP contribution < -0.4 is 16.8 Å². The zero-order valence-corrected chi connectivity index (χ0v) is 26.3. The molecule has 0 aromatic carbocycles. The van der Waals surface area contributed by atoms with Crippen LogP contribution in [-0.2, 0) is 0 Å². The molecule has 4 aliphatic rings. The maximum Gasteiger partial charge on any atom is 0.0577 e. The minimum atomic E-state index is -0.0766. The summed E-state index contributed by atoms with van der Waals surface area (Å²) < 4.78 is 0. The fourth-order valence-corrected chi connectivity index (χ4v) is 9.00. The van der Waals surface area contributed by atoms with Gasteiger partial charge in [-0.15, -0.1) is 24.8 Å². The summed E-state index contributed by atoms with van der Waals surface area (Å²) in [4.78, 5) is 0. The van der Waals surface area contributed by atoms with E-state index in [4.69, 9.17) is 11.5 Å². The average Bonchev–Trinajstić information content (AvgIpc) is 3.17. The molecular formula is C31H61Cl2N3O. The quantitative estimate of drug-likeness (QED) is 0.186. The maximum atomic E-state index is 10.2. The molecule has 0 bridgehead atoms.